The molecule has 1 aromatic carbocycles. The Balaban J connectivity index is 1.86. The molecule has 0 saturated heterocycles. The molecule has 0 saturated carbocycles. The molecule has 23 heavy (non-hydrogen) atoms. The third kappa shape index (κ3) is 2.38. The van der Waals surface area contributed by atoms with Crippen LogP contribution in [-0.2, 0) is 6.42 Å². The van der Waals surface area contributed by atoms with E-state index in [0.29, 0.717) is 23.6 Å². The minimum atomic E-state index is -0.225. The average molecular weight is 307 g/mol. The van der Waals surface area contributed by atoms with Gasteiger partial charge in [0.1, 0.15) is 23.2 Å². The summed E-state index contributed by atoms with van der Waals surface area (Å²) in [6, 6.07) is 12.6. The Hall–Kier alpha value is -3.02. The summed E-state index contributed by atoms with van der Waals surface area (Å²) in [6.45, 7) is 1.82. The van der Waals surface area contributed by atoms with Crippen molar-refractivity contribution >= 4 is 5.52 Å². The van der Waals surface area contributed by atoms with Gasteiger partial charge in [0, 0.05) is 12.6 Å². The first-order chi connectivity index (χ1) is 11.2. The van der Waals surface area contributed by atoms with Gasteiger partial charge < -0.3 is 4.40 Å². The summed E-state index contributed by atoms with van der Waals surface area (Å²) >= 11 is 0. The lowest BCUT2D eigenvalue weighted by Gasteiger charge is -2.02. The Labute approximate surface area is 131 Å². The van der Waals surface area contributed by atoms with Crippen molar-refractivity contribution in [3.63, 3.8) is 0 Å². The molecular weight excluding hydrogens is 293 g/mol. The molecule has 114 valence electrons. The van der Waals surface area contributed by atoms with Gasteiger partial charge in [-0.25, -0.2) is 14.4 Å². The zero-order valence-electron chi connectivity index (χ0n) is 12.5. The maximum absolute atomic E-state index is 13.9. The molecule has 0 amide bonds. The highest BCUT2D eigenvalue weighted by Crippen LogP contribution is 2.23. The number of hydrogen-bond acceptors (Lipinski definition) is 3. The van der Waals surface area contributed by atoms with Crippen LogP contribution in [0.5, 0.6) is 0 Å². The summed E-state index contributed by atoms with van der Waals surface area (Å²) in [6.07, 6.45) is 2.33. The SMILES string of the molecule is Cc1n[nH]c(-c2nc(Cc3ccccc3F)n3ccccc23)n1. The molecule has 3 heterocycles. The number of aryl methyl sites for hydroxylation is 1. The van der Waals surface area contributed by atoms with Crippen molar-refractivity contribution in [1.82, 2.24) is 24.6 Å². The second-order valence-electron chi connectivity index (χ2n) is 5.33. The standard InChI is InChI=1S/C17H14FN5/c1-11-19-17(22-21-11)16-14-8-4-5-9-23(14)15(20-16)10-12-6-2-3-7-13(12)18/h2-9H,10H2,1H3,(H,19,21,22). The summed E-state index contributed by atoms with van der Waals surface area (Å²) in [5, 5.41) is 6.95. The van der Waals surface area contributed by atoms with Gasteiger partial charge in [0.15, 0.2) is 5.82 Å². The zero-order chi connectivity index (χ0) is 15.8. The molecule has 0 bridgehead atoms. The molecule has 4 rings (SSSR count). The Kier molecular flexibility index (Phi) is 3.15. The number of H-pyrrole nitrogens is 1. The van der Waals surface area contributed by atoms with Crippen molar-refractivity contribution in [3.8, 4) is 11.5 Å². The highest BCUT2D eigenvalue weighted by atomic mass is 19.1. The van der Waals surface area contributed by atoms with Crippen LogP contribution in [0.25, 0.3) is 17.0 Å². The molecule has 0 atom stereocenters. The minimum absolute atomic E-state index is 0.225. The molecule has 0 radical (unpaired) electrons. The first kappa shape index (κ1) is 13.6. The summed E-state index contributed by atoms with van der Waals surface area (Å²) in [5.41, 5.74) is 2.25. The van der Waals surface area contributed by atoms with Gasteiger partial charge in [-0.1, -0.05) is 24.3 Å². The van der Waals surface area contributed by atoms with Gasteiger partial charge in [-0.2, -0.15) is 5.10 Å². The number of rotatable bonds is 3. The Bertz CT molecular complexity index is 985. The molecule has 5 nitrogen and oxygen atoms in total. The van der Waals surface area contributed by atoms with Gasteiger partial charge in [0.05, 0.1) is 5.52 Å². The number of hydrogen-bond donors (Lipinski definition) is 1. The lowest BCUT2D eigenvalue weighted by molar-refractivity contribution is 0.612. The molecule has 0 aliphatic carbocycles. The fourth-order valence-electron chi connectivity index (χ4n) is 2.66. The van der Waals surface area contributed by atoms with Gasteiger partial charge in [0.2, 0.25) is 0 Å². The topological polar surface area (TPSA) is 58.9 Å². The highest BCUT2D eigenvalue weighted by molar-refractivity contribution is 5.73. The molecule has 1 N–H and O–H groups in total. The van der Waals surface area contributed by atoms with E-state index in [1.54, 1.807) is 12.1 Å². The van der Waals surface area contributed by atoms with E-state index in [4.69, 9.17) is 0 Å². The lowest BCUT2D eigenvalue weighted by Crippen LogP contribution is -1.98. The molecule has 6 heteroatoms. The van der Waals surface area contributed by atoms with Crippen molar-refractivity contribution in [3.05, 3.63) is 71.7 Å². The summed E-state index contributed by atoms with van der Waals surface area (Å²) < 4.78 is 15.9. The number of nitrogens with zero attached hydrogens (tertiary/aromatic N) is 4. The quantitative estimate of drug-likeness (QED) is 0.632. The molecule has 3 aromatic heterocycles. The first-order valence-electron chi connectivity index (χ1n) is 7.31. The number of aromatic amines is 1. The van der Waals surface area contributed by atoms with E-state index in [0.717, 1.165) is 17.0 Å². The van der Waals surface area contributed by atoms with Crippen molar-refractivity contribution in [2.24, 2.45) is 0 Å². The van der Waals surface area contributed by atoms with Gasteiger partial charge in [-0.05, 0) is 30.7 Å². The number of nitrogens with one attached hydrogen (secondary N) is 1. The average Bonchev–Trinajstić information content (AvgIpc) is 3.14. The smallest absolute Gasteiger partial charge is 0.176 e. The van der Waals surface area contributed by atoms with Crippen LogP contribution in [0.15, 0.2) is 48.7 Å². The van der Waals surface area contributed by atoms with E-state index in [9.17, 15) is 4.39 Å². The van der Waals surface area contributed by atoms with Crippen LogP contribution in [-0.4, -0.2) is 24.6 Å². The van der Waals surface area contributed by atoms with Crippen molar-refractivity contribution < 1.29 is 4.39 Å². The predicted molar refractivity (Wildman–Crippen MR) is 84.5 cm³/mol. The van der Waals surface area contributed by atoms with Crippen LogP contribution in [0.4, 0.5) is 4.39 Å². The lowest BCUT2D eigenvalue weighted by atomic mass is 10.1. The first-order valence-corrected chi connectivity index (χ1v) is 7.31. The molecule has 0 unspecified atom stereocenters. The summed E-state index contributed by atoms with van der Waals surface area (Å²) in [4.78, 5) is 9.02. The van der Waals surface area contributed by atoms with Crippen molar-refractivity contribution in [2.75, 3.05) is 0 Å². The summed E-state index contributed by atoms with van der Waals surface area (Å²) in [5.74, 6) is 1.81. The van der Waals surface area contributed by atoms with Gasteiger partial charge >= 0.3 is 0 Å². The molecular formula is C17H14FN5. The normalized spacial score (nSPS) is 11.2. The van der Waals surface area contributed by atoms with E-state index < -0.39 is 0 Å². The van der Waals surface area contributed by atoms with Crippen LogP contribution in [0.2, 0.25) is 0 Å². The van der Waals surface area contributed by atoms with Gasteiger partial charge in [-0.15, -0.1) is 0 Å². The van der Waals surface area contributed by atoms with E-state index >= 15 is 0 Å². The molecule has 0 aliphatic heterocycles. The number of aromatic nitrogens is 5. The number of benzene rings is 1. The van der Waals surface area contributed by atoms with Crippen LogP contribution in [0, 0.1) is 12.7 Å². The zero-order valence-corrected chi connectivity index (χ0v) is 12.5. The third-order valence-electron chi connectivity index (χ3n) is 3.75. The maximum atomic E-state index is 13.9. The number of imidazole rings is 1. The number of halogens is 1. The van der Waals surface area contributed by atoms with Crippen LogP contribution < -0.4 is 0 Å². The summed E-state index contributed by atoms with van der Waals surface area (Å²) in [7, 11) is 0. The number of fused-ring (bicyclic) bond motifs is 1. The monoisotopic (exact) mass is 307 g/mol. The van der Waals surface area contributed by atoms with Gasteiger partial charge in [-0.3, -0.25) is 5.10 Å². The fraction of sp³-hybridized carbons (Fsp3) is 0.118. The second kappa shape index (κ2) is 5.31. The Morgan fingerprint density at radius 2 is 1.91 bits per heavy atom. The second-order valence-corrected chi connectivity index (χ2v) is 5.33. The van der Waals surface area contributed by atoms with Crippen LogP contribution in [0.3, 0.4) is 0 Å². The fourth-order valence-corrected chi connectivity index (χ4v) is 2.66. The Morgan fingerprint density at radius 3 is 2.70 bits per heavy atom. The largest absolute Gasteiger partial charge is 0.303 e. The van der Waals surface area contributed by atoms with Crippen molar-refractivity contribution in [1.29, 1.82) is 0 Å². The Morgan fingerprint density at radius 1 is 1.09 bits per heavy atom. The molecule has 0 aliphatic rings. The maximum Gasteiger partial charge on any atom is 0.176 e. The van der Waals surface area contributed by atoms with E-state index in [1.165, 1.54) is 6.07 Å². The van der Waals surface area contributed by atoms with E-state index in [2.05, 4.69) is 20.2 Å². The molecule has 0 fully saturated rings. The molecule has 4 aromatic rings. The highest BCUT2D eigenvalue weighted by Gasteiger charge is 2.16. The third-order valence-corrected chi connectivity index (χ3v) is 3.75. The predicted octanol–water partition coefficient (Wildman–Crippen LogP) is 3.16. The van der Waals surface area contributed by atoms with Gasteiger partial charge in [0.25, 0.3) is 0 Å². The molecule has 0 spiro atoms. The van der Waals surface area contributed by atoms with Crippen LogP contribution >= 0.6 is 0 Å². The van der Waals surface area contributed by atoms with E-state index in [1.807, 2.05) is 41.8 Å². The van der Waals surface area contributed by atoms with Crippen LogP contribution in [0.1, 0.15) is 17.2 Å². The number of pyridine rings is 1. The minimum Gasteiger partial charge on any atom is -0.303 e. The van der Waals surface area contributed by atoms with E-state index in [-0.39, 0.29) is 5.82 Å². The van der Waals surface area contributed by atoms with Crippen molar-refractivity contribution in [2.45, 2.75) is 13.3 Å².